The molecule has 0 bridgehead atoms. The van der Waals surface area contributed by atoms with E-state index < -0.39 is 5.91 Å². The zero-order chi connectivity index (χ0) is 11.1. The van der Waals surface area contributed by atoms with Crippen LogP contribution in [0.25, 0.3) is 0 Å². The number of primary amides is 1. The van der Waals surface area contributed by atoms with Crippen molar-refractivity contribution in [3.05, 3.63) is 5.56 Å². The quantitative estimate of drug-likeness (QED) is 0.715. The summed E-state index contributed by atoms with van der Waals surface area (Å²) in [5.41, 5.74) is 11.5. The van der Waals surface area contributed by atoms with Crippen molar-refractivity contribution in [3.8, 4) is 0 Å². The maximum Gasteiger partial charge on any atom is 0.255 e. The molecular weight excluding hydrogens is 212 g/mol. The van der Waals surface area contributed by atoms with E-state index in [1.54, 1.807) is 0 Å². The Hall–Kier alpha value is -1.30. The molecule has 2 rings (SSSR count). The van der Waals surface area contributed by atoms with Gasteiger partial charge in [-0.2, -0.15) is 4.37 Å². The van der Waals surface area contributed by atoms with Crippen LogP contribution in [-0.2, 0) is 0 Å². The van der Waals surface area contributed by atoms with E-state index >= 15 is 0 Å². The van der Waals surface area contributed by atoms with Crippen LogP contribution in [0, 0.1) is 5.41 Å². The molecule has 1 fully saturated rings. The number of nitrogens with one attached hydrogen (secondary N) is 1. The number of rotatable bonds is 4. The van der Waals surface area contributed by atoms with E-state index in [4.69, 9.17) is 11.5 Å². The van der Waals surface area contributed by atoms with Crippen molar-refractivity contribution in [3.63, 3.8) is 0 Å². The van der Waals surface area contributed by atoms with Crippen LogP contribution in [0.1, 0.15) is 30.1 Å². The normalized spacial score (nSPS) is 17.4. The number of nitrogens with zero attached hydrogens (tertiary/aromatic N) is 1. The van der Waals surface area contributed by atoms with Crippen LogP contribution < -0.4 is 16.8 Å². The topological polar surface area (TPSA) is 94.0 Å². The first-order chi connectivity index (χ1) is 7.02. The molecule has 15 heavy (non-hydrogen) atoms. The molecule has 1 heterocycles. The number of hydrogen-bond acceptors (Lipinski definition) is 5. The van der Waals surface area contributed by atoms with Gasteiger partial charge in [-0.25, -0.2) is 0 Å². The van der Waals surface area contributed by atoms with Crippen LogP contribution >= 0.6 is 11.5 Å². The van der Waals surface area contributed by atoms with Gasteiger partial charge in [0.1, 0.15) is 10.6 Å². The highest BCUT2D eigenvalue weighted by molar-refractivity contribution is 7.11. The van der Waals surface area contributed by atoms with Crippen LogP contribution in [0.4, 0.5) is 10.8 Å². The number of carbonyl (C=O) groups excluding carboxylic acids is 1. The molecular formula is C9H14N4OS. The van der Waals surface area contributed by atoms with Gasteiger partial charge in [0.25, 0.3) is 5.91 Å². The van der Waals surface area contributed by atoms with Gasteiger partial charge in [-0.1, -0.05) is 6.92 Å². The van der Waals surface area contributed by atoms with Crippen LogP contribution in [0.2, 0.25) is 0 Å². The van der Waals surface area contributed by atoms with Crippen molar-refractivity contribution in [2.75, 3.05) is 17.6 Å². The third-order valence-electron chi connectivity index (χ3n) is 2.74. The van der Waals surface area contributed by atoms with Crippen molar-refractivity contribution in [2.24, 2.45) is 11.1 Å². The Morgan fingerprint density at radius 2 is 2.33 bits per heavy atom. The van der Waals surface area contributed by atoms with Gasteiger partial charge in [0.2, 0.25) is 0 Å². The Balaban J connectivity index is 2.10. The number of anilines is 2. The molecule has 1 aromatic rings. The van der Waals surface area contributed by atoms with Gasteiger partial charge < -0.3 is 16.8 Å². The van der Waals surface area contributed by atoms with Crippen LogP contribution in [0.15, 0.2) is 0 Å². The highest BCUT2D eigenvalue weighted by atomic mass is 32.1. The van der Waals surface area contributed by atoms with E-state index in [0.29, 0.717) is 16.0 Å². The summed E-state index contributed by atoms with van der Waals surface area (Å²) in [4.78, 5) is 11.1. The summed E-state index contributed by atoms with van der Waals surface area (Å²) in [5.74, 6) is -0.305. The fourth-order valence-electron chi connectivity index (χ4n) is 1.35. The molecule has 1 aliphatic carbocycles. The third kappa shape index (κ3) is 2.04. The fourth-order valence-corrected chi connectivity index (χ4v) is 2.06. The minimum absolute atomic E-state index is 0.218. The molecule has 1 amide bonds. The van der Waals surface area contributed by atoms with E-state index in [0.717, 1.165) is 6.54 Å². The molecule has 6 heteroatoms. The molecule has 0 unspecified atom stereocenters. The highest BCUT2D eigenvalue weighted by Gasteiger charge is 2.37. The van der Waals surface area contributed by atoms with Crippen LogP contribution in [0.3, 0.4) is 0 Å². The number of carbonyl (C=O) groups is 1. The van der Waals surface area contributed by atoms with E-state index in [-0.39, 0.29) is 5.82 Å². The standard InChI is InChI=1S/C9H14N4OS/c1-9(2-3-9)4-12-8-5(7(11)14)6(10)13-15-8/h12H,2-4H2,1H3,(H2,10,13)(H2,11,14). The lowest BCUT2D eigenvalue weighted by molar-refractivity contribution is 0.100. The Morgan fingerprint density at radius 3 is 2.87 bits per heavy atom. The fraction of sp³-hybridized carbons (Fsp3) is 0.556. The van der Waals surface area contributed by atoms with Gasteiger partial charge >= 0.3 is 0 Å². The number of nitrogens with two attached hydrogens (primary N) is 2. The molecule has 0 atom stereocenters. The number of hydrogen-bond donors (Lipinski definition) is 3. The predicted octanol–water partition coefficient (Wildman–Crippen LogP) is 1.04. The molecule has 1 aliphatic rings. The molecule has 0 aliphatic heterocycles. The van der Waals surface area contributed by atoms with Gasteiger partial charge in [-0.15, -0.1) is 0 Å². The molecule has 0 aromatic carbocycles. The van der Waals surface area contributed by atoms with Crippen molar-refractivity contribution < 1.29 is 4.79 Å². The van der Waals surface area contributed by atoms with Gasteiger partial charge in [-0.3, -0.25) is 4.79 Å². The second-order valence-electron chi connectivity index (χ2n) is 4.30. The maximum atomic E-state index is 11.1. The third-order valence-corrected chi connectivity index (χ3v) is 3.56. The predicted molar refractivity (Wildman–Crippen MR) is 60.9 cm³/mol. The molecule has 0 saturated heterocycles. The summed E-state index contributed by atoms with van der Waals surface area (Å²) in [5, 5.41) is 3.88. The van der Waals surface area contributed by atoms with E-state index in [2.05, 4.69) is 16.6 Å². The zero-order valence-corrected chi connectivity index (χ0v) is 9.36. The van der Waals surface area contributed by atoms with Crippen LogP contribution in [-0.4, -0.2) is 16.8 Å². The molecule has 1 saturated carbocycles. The first-order valence-electron chi connectivity index (χ1n) is 4.81. The van der Waals surface area contributed by atoms with Crippen molar-refractivity contribution in [2.45, 2.75) is 19.8 Å². The lowest BCUT2D eigenvalue weighted by Crippen LogP contribution is -2.17. The van der Waals surface area contributed by atoms with Crippen LogP contribution in [0.5, 0.6) is 0 Å². The van der Waals surface area contributed by atoms with E-state index in [9.17, 15) is 4.79 Å². The average molecular weight is 226 g/mol. The summed E-state index contributed by atoms with van der Waals surface area (Å²) in [6.45, 7) is 3.04. The molecule has 5 N–H and O–H groups in total. The summed E-state index contributed by atoms with van der Waals surface area (Å²) < 4.78 is 3.92. The maximum absolute atomic E-state index is 11.1. The highest BCUT2D eigenvalue weighted by Crippen LogP contribution is 2.45. The average Bonchev–Trinajstić information content (AvgIpc) is 2.76. The number of aromatic nitrogens is 1. The molecule has 5 nitrogen and oxygen atoms in total. The summed E-state index contributed by atoms with van der Waals surface area (Å²) in [6.07, 6.45) is 2.44. The first-order valence-corrected chi connectivity index (χ1v) is 5.58. The SMILES string of the molecule is CC1(CNc2snc(N)c2C(N)=O)CC1. The van der Waals surface area contributed by atoms with Crippen molar-refractivity contribution >= 4 is 28.3 Å². The van der Waals surface area contributed by atoms with Gasteiger partial charge in [-0.05, 0) is 29.8 Å². The lowest BCUT2D eigenvalue weighted by atomic mass is 10.1. The van der Waals surface area contributed by atoms with Gasteiger partial charge in [0.15, 0.2) is 5.82 Å². The second-order valence-corrected chi connectivity index (χ2v) is 5.07. The zero-order valence-electron chi connectivity index (χ0n) is 8.54. The Morgan fingerprint density at radius 1 is 1.67 bits per heavy atom. The number of nitrogen functional groups attached to an aromatic ring is 1. The monoisotopic (exact) mass is 226 g/mol. The molecule has 1 aromatic heterocycles. The van der Waals surface area contributed by atoms with E-state index in [1.807, 2.05) is 0 Å². The van der Waals surface area contributed by atoms with Gasteiger partial charge in [0, 0.05) is 6.54 Å². The lowest BCUT2D eigenvalue weighted by Gasteiger charge is -2.09. The van der Waals surface area contributed by atoms with Crippen molar-refractivity contribution in [1.29, 1.82) is 0 Å². The van der Waals surface area contributed by atoms with E-state index in [1.165, 1.54) is 24.4 Å². The minimum Gasteiger partial charge on any atom is -0.382 e. The summed E-state index contributed by atoms with van der Waals surface area (Å²) in [7, 11) is 0. The van der Waals surface area contributed by atoms with Crippen molar-refractivity contribution in [1.82, 2.24) is 4.37 Å². The second kappa shape index (κ2) is 3.37. The van der Waals surface area contributed by atoms with Gasteiger partial charge in [0.05, 0.1) is 0 Å². The first kappa shape index (κ1) is 10.2. The number of amides is 1. The molecule has 0 radical (unpaired) electrons. The molecule has 82 valence electrons. The largest absolute Gasteiger partial charge is 0.382 e. The minimum atomic E-state index is -0.523. The smallest absolute Gasteiger partial charge is 0.255 e. The Bertz CT molecular complexity index is 397. The molecule has 0 spiro atoms. The summed E-state index contributed by atoms with van der Waals surface area (Å²) >= 11 is 1.19. The Kier molecular flexibility index (Phi) is 2.30. The Labute approximate surface area is 92.0 Å². The summed E-state index contributed by atoms with van der Waals surface area (Å²) in [6, 6.07) is 0.